The summed E-state index contributed by atoms with van der Waals surface area (Å²) in [4.78, 5) is 0. The van der Waals surface area contributed by atoms with E-state index in [9.17, 15) is 5.11 Å². The predicted octanol–water partition coefficient (Wildman–Crippen LogP) is 1.44. The van der Waals surface area contributed by atoms with Crippen molar-refractivity contribution < 1.29 is 10.3 Å². The van der Waals surface area contributed by atoms with Gasteiger partial charge in [-0.2, -0.15) is 0 Å². The molecule has 78 valence electrons. The monoisotopic (exact) mass is 195 g/mol. The lowest BCUT2D eigenvalue weighted by Crippen LogP contribution is -2.22. The fraction of sp³-hybridized carbons (Fsp3) is 0.455. The number of hydroxylamine groups is 1. The average molecular weight is 195 g/mol. The molecule has 3 N–H and O–H groups in total. The maximum atomic E-state index is 9.20. The molecule has 1 aromatic rings. The fourth-order valence-corrected chi connectivity index (χ4v) is 1.28. The van der Waals surface area contributed by atoms with Crippen molar-refractivity contribution in [3.63, 3.8) is 0 Å². The van der Waals surface area contributed by atoms with Gasteiger partial charge in [0, 0.05) is 12.0 Å². The summed E-state index contributed by atoms with van der Waals surface area (Å²) in [7, 11) is 0. The minimum absolute atomic E-state index is 0.114. The zero-order valence-electron chi connectivity index (χ0n) is 8.62. The second-order valence-electron chi connectivity index (χ2n) is 4.08. The molecule has 0 aliphatic heterocycles. The summed E-state index contributed by atoms with van der Waals surface area (Å²) in [6.07, 6.45) is 0. The van der Waals surface area contributed by atoms with Crippen LogP contribution in [-0.4, -0.2) is 16.9 Å². The zero-order chi connectivity index (χ0) is 10.6. The lowest BCUT2D eigenvalue weighted by molar-refractivity contribution is 0.161. The standard InChI is InChI=1S/C11H17NO2/c1-11(2,8-13)10-5-3-4-9(6-10)7-12-14/h3-6,12-14H,7-8H2,1-2H3. The maximum absolute atomic E-state index is 9.20. The van der Waals surface area contributed by atoms with Crippen LogP contribution in [0.25, 0.3) is 0 Å². The van der Waals surface area contributed by atoms with Gasteiger partial charge in [0.15, 0.2) is 0 Å². The van der Waals surface area contributed by atoms with Crippen molar-refractivity contribution in [3.05, 3.63) is 35.4 Å². The number of aliphatic hydroxyl groups excluding tert-OH is 1. The summed E-state index contributed by atoms with van der Waals surface area (Å²) in [5.41, 5.74) is 3.97. The molecule has 0 aliphatic carbocycles. The molecule has 0 fully saturated rings. The molecule has 0 radical (unpaired) electrons. The first-order valence-electron chi connectivity index (χ1n) is 4.67. The summed E-state index contributed by atoms with van der Waals surface area (Å²) >= 11 is 0. The Morgan fingerprint density at radius 2 is 2.07 bits per heavy atom. The highest BCUT2D eigenvalue weighted by molar-refractivity contribution is 5.29. The van der Waals surface area contributed by atoms with Gasteiger partial charge in [0.05, 0.1) is 6.61 Å². The number of nitrogens with one attached hydrogen (secondary N) is 1. The largest absolute Gasteiger partial charge is 0.395 e. The Hall–Kier alpha value is -0.900. The summed E-state index contributed by atoms with van der Waals surface area (Å²) in [5, 5.41) is 17.8. The minimum Gasteiger partial charge on any atom is -0.395 e. The van der Waals surface area contributed by atoms with Gasteiger partial charge in [-0.25, -0.2) is 5.48 Å². The van der Waals surface area contributed by atoms with Crippen LogP contribution in [0.3, 0.4) is 0 Å². The minimum atomic E-state index is -0.231. The van der Waals surface area contributed by atoms with Crippen LogP contribution in [0.5, 0.6) is 0 Å². The smallest absolute Gasteiger partial charge is 0.0522 e. The van der Waals surface area contributed by atoms with Gasteiger partial charge < -0.3 is 10.3 Å². The molecule has 3 heteroatoms. The Bertz CT molecular complexity index is 297. The second kappa shape index (κ2) is 4.55. The van der Waals surface area contributed by atoms with Crippen LogP contribution in [0, 0.1) is 0 Å². The first kappa shape index (κ1) is 11.2. The van der Waals surface area contributed by atoms with Gasteiger partial charge in [0.1, 0.15) is 0 Å². The number of hydrogen-bond donors (Lipinski definition) is 3. The Morgan fingerprint density at radius 1 is 1.36 bits per heavy atom. The van der Waals surface area contributed by atoms with Crippen LogP contribution in [0.2, 0.25) is 0 Å². The molecule has 0 saturated heterocycles. The summed E-state index contributed by atoms with van der Waals surface area (Å²) in [6.45, 7) is 4.51. The van der Waals surface area contributed by atoms with Crippen LogP contribution in [0.15, 0.2) is 24.3 Å². The van der Waals surface area contributed by atoms with Gasteiger partial charge in [-0.3, -0.25) is 0 Å². The molecule has 1 aromatic carbocycles. The van der Waals surface area contributed by atoms with Crippen LogP contribution >= 0.6 is 0 Å². The third-order valence-corrected chi connectivity index (χ3v) is 2.39. The molecule has 0 amide bonds. The van der Waals surface area contributed by atoms with Gasteiger partial charge >= 0.3 is 0 Å². The van der Waals surface area contributed by atoms with Gasteiger partial charge in [0.25, 0.3) is 0 Å². The Morgan fingerprint density at radius 3 is 2.64 bits per heavy atom. The van der Waals surface area contributed by atoms with Crippen molar-refractivity contribution in [1.29, 1.82) is 0 Å². The van der Waals surface area contributed by atoms with Gasteiger partial charge in [-0.05, 0) is 11.1 Å². The van der Waals surface area contributed by atoms with Gasteiger partial charge in [-0.15, -0.1) is 0 Å². The van der Waals surface area contributed by atoms with Crippen molar-refractivity contribution in [2.24, 2.45) is 0 Å². The maximum Gasteiger partial charge on any atom is 0.0522 e. The molecular weight excluding hydrogens is 178 g/mol. The molecule has 0 unspecified atom stereocenters. The van der Waals surface area contributed by atoms with Crippen molar-refractivity contribution in [2.45, 2.75) is 25.8 Å². The lowest BCUT2D eigenvalue weighted by atomic mass is 9.85. The Labute approximate surface area is 84.3 Å². The summed E-state index contributed by atoms with van der Waals surface area (Å²) < 4.78 is 0. The van der Waals surface area contributed by atoms with Crippen LogP contribution in [-0.2, 0) is 12.0 Å². The highest BCUT2D eigenvalue weighted by atomic mass is 16.5. The van der Waals surface area contributed by atoms with E-state index in [1.807, 2.05) is 38.1 Å². The first-order valence-corrected chi connectivity index (χ1v) is 4.67. The third-order valence-electron chi connectivity index (χ3n) is 2.39. The Kier molecular flexibility index (Phi) is 3.63. The van der Waals surface area contributed by atoms with Crippen LogP contribution in [0.4, 0.5) is 0 Å². The molecule has 0 aromatic heterocycles. The first-order chi connectivity index (χ1) is 6.60. The molecule has 0 saturated carbocycles. The van der Waals surface area contributed by atoms with E-state index >= 15 is 0 Å². The molecule has 14 heavy (non-hydrogen) atoms. The normalized spacial score (nSPS) is 11.7. The third kappa shape index (κ3) is 2.54. The molecule has 0 atom stereocenters. The molecule has 0 aliphatic rings. The van der Waals surface area contributed by atoms with Crippen molar-refractivity contribution >= 4 is 0 Å². The fourth-order valence-electron chi connectivity index (χ4n) is 1.28. The SMILES string of the molecule is CC(C)(CO)c1cccc(CNO)c1. The van der Waals surface area contributed by atoms with E-state index in [2.05, 4.69) is 5.48 Å². The van der Waals surface area contributed by atoms with Crippen molar-refractivity contribution in [2.75, 3.05) is 6.61 Å². The average Bonchev–Trinajstić information content (AvgIpc) is 2.19. The number of rotatable bonds is 4. The van der Waals surface area contributed by atoms with E-state index in [4.69, 9.17) is 5.21 Å². The van der Waals surface area contributed by atoms with E-state index in [1.165, 1.54) is 0 Å². The highest BCUT2D eigenvalue weighted by Crippen LogP contribution is 2.22. The second-order valence-corrected chi connectivity index (χ2v) is 4.08. The molecule has 0 spiro atoms. The van der Waals surface area contributed by atoms with Crippen LogP contribution in [0.1, 0.15) is 25.0 Å². The number of hydrogen-bond acceptors (Lipinski definition) is 3. The number of benzene rings is 1. The molecule has 0 heterocycles. The number of aliphatic hydroxyl groups is 1. The van der Waals surface area contributed by atoms with Gasteiger partial charge in [0.2, 0.25) is 0 Å². The van der Waals surface area contributed by atoms with Crippen LogP contribution < -0.4 is 5.48 Å². The summed E-state index contributed by atoms with van der Waals surface area (Å²) in [6, 6.07) is 7.83. The highest BCUT2D eigenvalue weighted by Gasteiger charge is 2.19. The lowest BCUT2D eigenvalue weighted by Gasteiger charge is -2.22. The predicted molar refractivity (Wildman–Crippen MR) is 55.2 cm³/mol. The van der Waals surface area contributed by atoms with E-state index in [0.29, 0.717) is 6.54 Å². The molecule has 3 nitrogen and oxygen atoms in total. The van der Waals surface area contributed by atoms with E-state index in [-0.39, 0.29) is 12.0 Å². The topological polar surface area (TPSA) is 52.5 Å². The summed E-state index contributed by atoms with van der Waals surface area (Å²) in [5.74, 6) is 0. The van der Waals surface area contributed by atoms with Gasteiger partial charge in [-0.1, -0.05) is 38.1 Å². The molecular formula is C11H17NO2. The Balaban J connectivity index is 2.93. The molecule has 1 rings (SSSR count). The van der Waals surface area contributed by atoms with Crippen molar-refractivity contribution in [1.82, 2.24) is 5.48 Å². The quantitative estimate of drug-likeness (QED) is 0.637. The van der Waals surface area contributed by atoms with Crippen molar-refractivity contribution in [3.8, 4) is 0 Å². The zero-order valence-corrected chi connectivity index (χ0v) is 8.62. The van der Waals surface area contributed by atoms with E-state index < -0.39 is 0 Å². The van der Waals surface area contributed by atoms with E-state index in [0.717, 1.165) is 11.1 Å². The molecule has 0 bridgehead atoms. The van der Waals surface area contributed by atoms with E-state index in [1.54, 1.807) is 0 Å².